The largest absolute Gasteiger partial charge is 0.309 e. The summed E-state index contributed by atoms with van der Waals surface area (Å²) in [5, 5.41) is 15.8. The van der Waals surface area contributed by atoms with E-state index in [4.69, 9.17) is 5.41 Å². The van der Waals surface area contributed by atoms with Crippen LogP contribution in [-0.4, -0.2) is 37.2 Å². The lowest BCUT2D eigenvalue weighted by Crippen LogP contribution is -2.73. The van der Waals surface area contributed by atoms with Crippen LogP contribution >= 0.6 is 0 Å². The molecule has 134 valence electrons. The zero-order valence-corrected chi connectivity index (χ0v) is 15.6. The molecule has 0 bridgehead atoms. The fourth-order valence-electron chi connectivity index (χ4n) is 4.56. The lowest BCUT2D eigenvalue weighted by Gasteiger charge is -2.55. The topological polar surface area (TPSA) is 65.0 Å². The predicted molar refractivity (Wildman–Crippen MR) is 105 cm³/mol. The number of carbonyl (C=O) groups is 1. The Bertz CT molecular complexity index is 680. The van der Waals surface area contributed by atoms with Gasteiger partial charge in [-0.25, -0.2) is 0 Å². The molecule has 0 aliphatic heterocycles. The molecule has 2 rings (SSSR count). The molecule has 0 fully saturated rings. The van der Waals surface area contributed by atoms with Gasteiger partial charge in [-0.15, -0.1) is 0 Å². The van der Waals surface area contributed by atoms with E-state index in [9.17, 15) is 4.79 Å². The van der Waals surface area contributed by atoms with Gasteiger partial charge in [0, 0.05) is 12.1 Å². The van der Waals surface area contributed by atoms with Gasteiger partial charge in [-0.3, -0.25) is 4.79 Å². The number of carbonyl (C=O) groups excluding carboxylic acids is 1. The minimum absolute atomic E-state index is 0.435. The molecule has 0 radical (unpaired) electrons. The van der Waals surface area contributed by atoms with E-state index in [1.54, 1.807) is 0 Å². The van der Waals surface area contributed by atoms with Gasteiger partial charge in [0.05, 0.1) is 11.1 Å². The lowest BCUT2D eigenvalue weighted by atomic mass is 9.59. The molecule has 0 aromatic heterocycles. The van der Waals surface area contributed by atoms with Gasteiger partial charge in [0.2, 0.25) is 0 Å². The molecular formula is C21H29N3O. The van der Waals surface area contributed by atoms with Crippen LogP contribution in [0, 0.1) is 5.41 Å². The van der Waals surface area contributed by atoms with Crippen molar-refractivity contribution in [2.75, 3.05) is 14.1 Å². The van der Waals surface area contributed by atoms with Crippen LogP contribution in [0.3, 0.4) is 0 Å². The van der Waals surface area contributed by atoms with E-state index < -0.39 is 11.1 Å². The first-order chi connectivity index (χ1) is 12.1. The number of allylic oxidation sites excluding steroid dienone is 3. The van der Waals surface area contributed by atoms with Crippen molar-refractivity contribution < 1.29 is 4.79 Å². The van der Waals surface area contributed by atoms with Crippen LogP contribution < -0.4 is 10.6 Å². The Hall–Kier alpha value is -2.04. The second-order valence-corrected chi connectivity index (χ2v) is 6.43. The Labute approximate surface area is 150 Å². The predicted octanol–water partition coefficient (Wildman–Crippen LogP) is 3.36. The van der Waals surface area contributed by atoms with E-state index in [1.807, 2.05) is 38.4 Å². The summed E-state index contributed by atoms with van der Waals surface area (Å²) < 4.78 is 0. The van der Waals surface area contributed by atoms with Crippen molar-refractivity contribution in [2.24, 2.45) is 0 Å². The third-order valence-corrected chi connectivity index (χ3v) is 5.71. The van der Waals surface area contributed by atoms with Crippen LogP contribution in [0.25, 0.3) is 5.57 Å². The van der Waals surface area contributed by atoms with Crippen LogP contribution in [0.2, 0.25) is 0 Å². The zero-order valence-electron chi connectivity index (χ0n) is 15.6. The molecule has 2 unspecified atom stereocenters. The summed E-state index contributed by atoms with van der Waals surface area (Å²) in [6.45, 7) is 4.28. The summed E-state index contributed by atoms with van der Waals surface area (Å²) in [6, 6.07) is 10.3. The van der Waals surface area contributed by atoms with E-state index in [2.05, 4.69) is 36.6 Å². The van der Waals surface area contributed by atoms with Gasteiger partial charge in [-0.2, -0.15) is 0 Å². The Kier molecular flexibility index (Phi) is 6.09. The number of nitrogens with one attached hydrogen (secondary N) is 3. The maximum atomic E-state index is 10.9. The van der Waals surface area contributed by atoms with Crippen molar-refractivity contribution in [3.63, 3.8) is 0 Å². The van der Waals surface area contributed by atoms with E-state index in [-0.39, 0.29) is 0 Å². The quantitative estimate of drug-likeness (QED) is 0.527. The number of rotatable bonds is 7. The van der Waals surface area contributed by atoms with Crippen LogP contribution in [0.5, 0.6) is 0 Å². The molecule has 0 saturated heterocycles. The van der Waals surface area contributed by atoms with Crippen LogP contribution in [-0.2, 0) is 4.79 Å². The monoisotopic (exact) mass is 339 g/mol. The fourth-order valence-corrected chi connectivity index (χ4v) is 4.56. The molecular weight excluding hydrogens is 310 g/mol. The van der Waals surface area contributed by atoms with E-state index >= 15 is 0 Å². The van der Waals surface area contributed by atoms with Crippen LogP contribution in [0.1, 0.15) is 38.7 Å². The van der Waals surface area contributed by atoms with Gasteiger partial charge in [0.1, 0.15) is 6.29 Å². The van der Waals surface area contributed by atoms with E-state index in [0.717, 1.165) is 30.3 Å². The maximum Gasteiger partial charge on any atom is 0.142 e. The summed E-state index contributed by atoms with van der Waals surface area (Å²) >= 11 is 0. The Morgan fingerprint density at radius 3 is 2.16 bits per heavy atom. The minimum Gasteiger partial charge on any atom is -0.309 e. The van der Waals surface area contributed by atoms with Gasteiger partial charge < -0.3 is 16.0 Å². The summed E-state index contributed by atoms with van der Waals surface area (Å²) in [5.41, 5.74) is 3.07. The Morgan fingerprint density at radius 1 is 1.08 bits per heavy atom. The SMILES string of the molecule is CCC1(NC)C(=N)CC(C=CC=O)=C(c2ccccc2)C1(CC)NC. The molecule has 0 spiro atoms. The van der Waals surface area contributed by atoms with Crippen molar-refractivity contribution in [3.05, 3.63) is 53.6 Å². The second-order valence-electron chi connectivity index (χ2n) is 6.43. The number of hydrogen-bond acceptors (Lipinski definition) is 4. The first kappa shape index (κ1) is 19.3. The van der Waals surface area contributed by atoms with Gasteiger partial charge in [0.15, 0.2) is 0 Å². The molecule has 1 aromatic carbocycles. The third kappa shape index (κ3) is 2.90. The Balaban J connectivity index is 2.88. The smallest absolute Gasteiger partial charge is 0.142 e. The molecule has 4 nitrogen and oxygen atoms in total. The molecule has 4 heteroatoms. The first-order valence-corrected chi connectivity index (χ1v) is 8.93. The van der Waals surface area contributed by atoms with Crippen molar-refractivity contribution >= 4 is 17.6 Å². The highest BCUT2D eigenvalue weighted by Crippen LogP contribution is 2.47. The lowest BCUT2D eigenvalue weighted by molar-refractivity contribution is -0.104. The van der Waals surface area contributed by atoms with Crippen molar-refractivity contribution in [1.82, 2.24) is 10.6 Å². The number of benzene rings is 1. The maximum absolute atomic E-state index is 10.9. The van der Waals surface area contributed by atoms with E-state index in [0.29, 0.717) is 12.1 Å². The van der Waals surface area contributed by atoms with Gasteiger partial charge in [-0.1, -0.05) is 50.3 Å². The standard InChI is InChI=1S/C21H29N3O/c1-5-20(23-3)18(22)15-17(13-10-14-25)19(21(20,6-2)24-4)16-11-8-7-9-12-16/h7-14,22-24H,5-6,15H2,1-4H3. The molecule has 0 saturated carbocycles. The molecule has 1 aliphatic carbocycles. The van der Waals surface area contributed by atoms with Crippen LogP contribution in [0.15, 0.2) is 48.1 Å². The van der Waals surface area contributed by atoms with Gasteiger partial charge in [-0.05, 0) is 49.7 Å². The number of hydrogen-bond donors (Lipinski definition) is 3. The van der Waals surface area contributed by atoms with Gasteiger partial charge in [0.25, 0.3) is 0 Å². The summed E-state index contributed by atoms with van der Waals surface area (Å²) in [7, 11) is 3.91. The van der Waals surface area contributed by atoms with Crippen molar-refractivity contribution in [3.8, 4) is 0 Å². The third-order valence-electron chi connectivity index (χ3n) is 5.71. The number of likely N-dealkylation sites (N-methyl/N-ethyl adjacent to an activating group) is 2. The molecule has 1 aliphatic rings. The molecule has 1 aromatic rings. The highest BCUT2D eigenvalue weighted by molar-refractivity contribution is 6.04. The summed E-state index contributed by atoms with van der Waals surface area (Å²) in [4.78, 5) is 10.9. The molecule has 0 heterocycles. The number of aldehydes is 1. The van der Waals surface area contributed by atoms with Crippen molar-refractivity contribution in [1.29, 1.82) is 5.41 Å². The highest BCUT2D eigenvalue weighted by Gasteiger charge is 2.55. The Morgan fingerprint density at radius 2 is 1.68 bits per heavy atom. The molecule has 3 N–H and O–H groups in total. The average molecular weight is 339 g/mol. The minimum atomic E-state index is -0.472. The second kappa shape index (κ2) is 7.89. The molecule has 2 atom stereocenters. The molecule has 25 heavy (non-hydrogen) atoms. The highest BCUT2D eigenvalue weighted by atomic mass is 16.1. The molecule has 0 amide bonds. The summed E-state index contributed by atoms with van der Waals surface area (Å²) in [6.07, 6.45) is 6.35. The first-order valence-electron chi connectivity index (χ1n) is 8.93. The fraction of sp³-hybridized carbons (Fsp3) is 0.429. The zero-order chi connectivity index (χ0) is 18.5. The van der Waals surface area contributed by atoms with E-state index in [1.165, 1.54) is 11.6 Å². The van der Waals surface area contributed by atoms with Crippen LogP contribution in [0.4, 0.5) is 0 Å². The average Bonchev–Trinajstić information content (AvgIpc) is 2.66. The normalized spacial score (nSPS) is 27.1. The van der Waals surface area contributed by atoms with Crippen molar-refractivity contribution in [2.45, 2.75) is 44.2 Å². The summed E-state index contributed by atoms with van der Waals surface area (Å²) in [5.74, 6) is 0. The van der Waals surface area contributed by atoms with Gasteiger partial charge >= 0.3 is 0 Å².